The first-order chi connectivity index (χ1) is 6.18. The van der Waals surface area contributed by atoms with E-state index < -0.39 is 0 Å². The van der Waals surface area contributed by atoms with Crippen molar-refractivity contribution in [3.63, 3.8) is 0 Å². The van der Waals surface area contributed by atoms with Crippen LogP contribution < -0.4 is 5.73 Å². The van der Waals surface area contributed by atoms with E-state index in [1.54, 1.807) is 0 Å². The number of nitrogens with zero attached hydrogens (tertiary/aromatic N) is 1. The van der Waals surface area contributed by atoms with E-state index >= 15 is 0 Å². The average Bonchev–Trinajstić information content (AvgIpc) is 2.09. The lowest BCUT2D eigenvalue weighted by Crippen LogP contribution is -1.91. The number of nitrogens with two attached hydrogens (primary N) is 1. The summed E-state index contributed by atoms with van der Waals surface area (Å²) in [6.45, 7) is 4.07. The third kappa shape index (κ3) is 1.24. The van der Waals surface area contributed by atoms with Crippen LogP contribution in [0, 0.1) is 13.8 Å². The highest BCUT2D eigenvalue weighted by Crippen LogP contribution is 2.21. The Morgan fingerprint density at radius 1 is 1.15 bits per heavy atom. The SMILES string of the molecule is Cc1cc2nccc(C)c2cc1N. The molecule has 2 nitrogen and oxygen atoms in total. The van der Waals surface area contributed by atoms with Crippen molar-refractivity contribution in [1.29, 1.82) is 0 Å². The molecular weight excluding hydrogens is 160 g/mol. The van der Waals surface area contributed by atoms with Crippen molar-refractivity contribution in [3.05, 3.63) is 35.5 Å². The Morgan fingerprint density at radius 3 is 2.69 bits per heavy atom. The molecule has 13 heavy (non-hydrogen) atoms. The molecule has 2 heteroatoms. The Labute approximate surface area is 77.4 Å². The second-order valence-corrected chi connectivity index (χ2v) is 3.35. The van der Waals surface area contributed by atoms with Gasteiger partial charge < -0.3 is 5.73 Å². The molecule has 2 rings (SSSR count). The van der Waals surface area contributed by atoms with Gasteiger partial charge in [-0.3, -0.25) is 4.98 Å². The highest BCUT2D eigenvalue weighted by atomic mass is 14.7. The second-order valence-electron chi connectivity index (χ2n) is 3.35. The lowest BCUT2D eigenvalue weighted by Gasteiger charge is -2.04. The Morgan fingerprint density at radius 2 is 1.92 bits per heavy atom. The van der Waals surface area contributed by atoms with Crippen LogP contribution in [-0.4, -0.2) is 4.98 Å². The van der Waals surface area contributed by atoms with Crippen LogP contribution in [0.25, 0.3) is 10.9 Å². The predicted molar refractivity (Wildman–Crippen MR) is 55.6 cm³/mol. The Bertz CT molecular complexity index is 461. The number of nitrogen functional groups attached to an aromatic ring is 1. The number of rotatable bonds is 0. The lowest BCUT2D eigenvalue weighted by atomic mass is 10.1. The number of fused-ring (bicyclic) bond motifs is 1. The smallest absolute Gasteiger partial charge is 0.0708 e. The van der Waals surface area contributed by atoms with E-state index in [-0.39, 0.29) is 0 Å². The minimum atomic E-state index is 0.837. The molecule has 0 unspecified atom stereocenters. The minimum absolute atomic E-state index is 0.837. The van der Waals surface area contributed by atoms with Gasteiger partial charge in [0.15, 0.2) is 0 Å². The van der Waals surface area contributed by atoms with Gasteiger partial charge in [0.2, 0.25) is 0 Å². The van der Waals surface area contributed by atoms with Crippen molar-refractivity contribution >= 4 is 16.6 Å². The van der Waals surface area contributed by atoms with Gasteiger partial charge in [0.25, 0.3) is 0 Å². The van der Waals surface area contributed by atoms with Crippen molar-refractivity contribution in [2.75, 3.05) is 5.73 Å². The fourth-order valence-electron chi connectivity index (χ4n) is 1.45. The fourth-order valence-corrected chi connectivity index (χ4v) is 1.45. The normalized spacial score (nSPS) is 10.6. The zero-order valence-corrected chi connectivity index (χ0v) is 7.83. The third-order valence-electron chi connectivity index (χ3n) is 2.35. The number of aromatic nitrogens is 1. The highest BCUT2D eigenvalue weighted by molar-refractivity contribution is 5.86. The van der Waals surface area contributed by atoms with Crippen LogP contribution in [0.4, 0.5) is 5.69 Å². The van der Waals surface area contributed by atoms with Crippen molar-refractivity contribution < 1.29 is 0 Å². The first kappa shape index (κ1) is 8.05. The maximum Gasteiger partial charge on any atom is 0.0708 e. The number of benzene rings is 1. The topological polar surface area (TPSA) is 38.9 Å². The molecule has 0 saturated heterocycles. The molecule has 0 fully saturated rings. The van der Waals surface area contributed by atoms with Crippen LogP contribution in [0.5, 0.6) is 0 Å². The summed E-state index contributed by atoms with van der Waals surface area (Å²) in [7, 11) is 0. The number of hydrogen-bond donors (Lipinski definition) is 1. The quantitative estimate of drug-likeness (QED) is 0.620. The Hall–Kier alpha value is -1.57. The summed E-state index contributed by atoms with van der Waals surface area (Å²) >= 11 is 0. The van der Waals surface area contributed by atoms with Gasteiger partial charge >= 0.3 is 0 Å². The van der Waals surface area contributed by atoms with Crippen LogP contribution in [0.2, 0.25) is 0 Å². The Balaban J connectivity index is 2.89. The maximum atomic E-state index is 5.83. The van der Waals surface area contributed by atoms with Gasteiger partial charge in [-0.2, -0.15) is 0 Å². The predicted octanol–water partition coefficient (Wildman–Crippen LogP) is 2.43. The van der Waals surface area contributed by atoms with Gasteiger partial charge in [-0.15, -0.1) is 0 Å². The van der Waals surface area contributed by atoms with Crippen molar-refractivity contribution in [2.45, 2.75) is 13.8 Å². The van der Waals surface area contributed by atoms with E-state index in [1.165, 1.54) is 5.56 Å². The molecule has 0 aliphatic carbocycles. The van der Waals surface area contributed by atoms with Crippen LogP contribution in [0.1, 0.15) is 11.1 Å². The van der Waals surface area contributed by atoms with Crippen LogP contribution in [0.3, 0.4) is 0 Å². The Kier molecular flexibility index (Phi) is 1.69. The van der Waals surface area contributed by atoms with E-state index in [1.807, 2.05) is 31.3 Å². The number of hydrogen-bond acceptors (Lipinski definition) is 2. The third-order valence-corrected chi connectivity index (χ3v) is 2.35. The molecule has 0 bridgehead atoms. The van der Waals surface area contributed by atoms with Crippen LogP contribution in [0.15, 0.2) is 24.4 Å². The standard InChI is InChI=1S/C11H12N2/c1-7-3-4-13-11-5-8(2)10(12)6-9(7)11/h3-6H,12H2,1-2H3. The molecule has 66 valence electrons. The molecule has 0 amide bonds. The van der Waals surface area contributed by atoms with E-state index in [0.29, 0.717) is 0 Å². The lowest BCUT2D eigenvalue weighted by molar-refractivity contribution is 1.35. The average molecular weight is 172 g/mol. The van der Waals surface area contributed by atoms with Crippen molar-refractivity contribution in [1.82, 2.24) is 4.98 Å². The van der Waals surface area contributed by atoms with Crippen molar-refractivity contribution in [3.8, 4) is 0 Å². The molecule has 1 aromatic heterocycles. The summed E-state index contributed by atoms with van der Waals surface area (Å²) in [4.78, 5) is 4.29. The van der Waals surface area contributed by atoms with Crippen LogP contribution >= 0.6 is 0 Å². The largest absolute Gasteiger partial charge is 0.398 e. The summed E-state index contributed by atoms with van der Waals surface area (Å²) in [6.07, 6.45) is 1.83. The van der Waals surface area contributed by atoms with Gasteiger partial charge in [-0.1, -0.05) is 0 Å². The molecule has 0 atom stereocenters. The molecule has 2 aromatic rings. The first-order valence-corrected chi connectivity index (χ1v) is 4.30. The molecule has 1 aromatic carbocycles. The van der Waals surface area contributed by atoms with Gasteiger partial charge in [-0.05, 0) is 43.2 Å². The summed E-state index contributed by atoms with van der Waals surface area (Å²) in [5, 5.41) is 1.14. The maximum absolute atomic E-state index is 5.83. The molecule has 0 aliphatic rings. The molecule has 0 spiro atoms. The fraction of sp³-hybridized carbons (Fsp3) is 0.182. The summed E-state index contributed by atoms with van der Waals surface area (Å²) in [5.41, 5.74) is 9.99. The van der Waals surface area contributed by atoms with E-state index in [4.69, 9.17) is 5.73 Å². The number of anilines is 1. The van der Waals surface area contributed by atoms with Crippen LogP contribution in [-0.2, 0) is 0 Å². The molecular formula is C11H12N2. The molecule has 0 saturated carbocycles. The van der Waals surface area contributed by atoms with E-state index in [0.717, 1.165) is 22.2 Å². The zero-order valence-electron chi connectivity index (χ0n) is 7.83. The van der Waals surface area contributed by atoms with E-state index in [2.05, 4.69) is 11.9 Å². The highest BCUT2D eigenvalue weighted by Gasteiger charge is 2.00. The molecule has 0 radical (unpaired) electrons. The van der Waals surface area contributed by atoms with Gasteiger partial charge in [-0.25, -0.2) is 0 Å². The molecule has 1 heterocycles. The van der Waals surface area contributed by atoms with Crippen molar-refractivity contribution in [2.24, 2.45) is 0 Å². The van der Waals surface area contributed by atoms with Gasteiger partial charge in [0.1, 0.15) is 0 Å². The molecule has 0 aliphatic heterocycles. The monoisotopic (exact) mass is 172 g/mol. The summed E-state index contributed by atoms with van der Waals surface area (Å²) in [5.74, 6) is 0. The number of aryl methyl sites for hydroxylation is 2. The number of pyridine rings is 1. The summed E-state index contributed by atoms with van der Waals surface area (Å²) in [6, 6.07) is 6.02. The second kappa shape index (κ2) is 2.73. The van der Waals surface area contributed by atoms with E-state index in [9.17, 15) is 0 Å². The zero-order chi connectivity index (χ0) is 9.42. The first-order valence-electron chi connectivity index (χ1n) is 4.30. The minimum Gasteiger partial charge on any atom is -0.398 e. The van der Waals surface area contributed by atoms with Gasteiger partial charge in [0.05, 0.1) is 5.52 Å². The molecule has 2 N–H and O–H groups in total. The van der Waals surface area contributed by atoms with Gasteiger partial charge in [0, 0.05) is 17.3 Å². The summed E-state index contributed by atoms with van der Waals surface area (Å²) < 4.78 is 0.